The number of likely N-dealkylation sites (tertiary alicyclic amines) is 1. The molecule has 5 heteroatoms. The van der Waals surface area contributed by atoms with Gasteiger partial charge in [-0.25, -0.2) is 8.42 Å². The molecule has 2 saturated heterocycles. The zero-order valence-corrected chi connectivity index (χ0v) is 11.7. The Kier molecular flexibility index (Phi) is 4.10. The Hall–Kier alpha value is -0.130. The second kappa shape index (κ2) is 5.24. The molecule has 2 fully saturated rings. The minimum absolute atomic E-state index is 0.139. The Labute approximate surface area is 105 Å². The molecule has 2 aliphatic heterocycles. The third kappa shape index (κ3) is 3.42. The maximum Gasteiger partial charge on any atom is 0.153 e. The number of sulfone groups is 1. The van der Waals surface area contributed by atoms with Crippen molar-refractivity contribution in [2.24, 2.45) is 5.92 Å². The predicted octanol–water partition coefficient (Wildman–Crippen LogP) is 0.493. The van der Waals surface area contributed by atoms with E-state index in [1.165, 1.54) is 12.8 Å². The van der Waals surface area contributed by atoms with Crippen LogP contribution in [0.25, 0.3) is 0 Å². The lowest BCUT2D eigenvalue weighted by molar-refractivity contribution is 0.224. The lowest BCUT2D eigenvalue weighted by Gasteiger charge is -2.28. The predicted molar refractivity (Wildman–Crippen MR) is 69.9 cm³/mol. The molecule has 0 radical (unpaired) electrons. The monoisotopic (exact) mass is 260 g/mol. The Balaban J connectivity index is 2.00. The van der Waals surface area contributed by atoms with Crippen molar-refractivity contribution >= 4 is 9.84 Å². The van der Waals surface area contributed by atoms with Crippen molar-refractivity contribution in [3.63, 3.8) is 0 Å². The molecule has 2 atom stereocenters. The molecule has 0 aliphatic carbocycles. The van der Waals surface area contributed by atoms with E-state index in [4.69, 9.17) is 0 Å². The molecule has 2 aliphatic rings. The van der Waals surface area contributed by atoms with Gasteiger partial charge in [0.1, 0.15) is 0 Å². The molecule has 0 amide bonds. The van der Waals surface area contributed by atoms with Crippen molar-refractivity contribution in [2.45, 2.75) is 38.8 Å². The first-order valence-electron chi connectivity index (χ1n) is 6.66. The van der Waals surface area contributed by atoms with Gasteiger partial charge in [-0.15, -0.1) is 0 Å². The van der Waals surface area contributed by atoms with Crippen LogP contribution in [0.15, 0.2) is 0 Å². The maximum atomic E-state index is 11.8. The molecule has 0 unspecified atom stereocenters. The Morgan fingerprint density at radius 2 is 1.88 bits per heavy atom. The Bertz CT molecular complexity index is 348. The van der Waals surface area contributed by atoms with Crippen LogP contribution < -0.4 is 5.32 Å². The highest BCUT2D eigenvalue weighted by Gasteiger charge is 2.41. The van der Waals surface area contributed by atoms with E-state index in [-0.39, 0.29) is 12.1 Å². The molecule has 0 aromatic carbocycles. The molecule has 1 N–H and O–H groups in total. The fourth-order valence-corrected chi connectivity index (χ4v) is 4.83. The maximum absolute atomic E-state index is 11.8. The van der Waals surface area contributed by atoms with Crippen molar-refractivity contribution in [1.29, 1.82) is 0 Å². The van der Waals surface area contributed by atoms with E-state index in [0.29, 0.717) is 17.4 Å². The molecular weight excluding hydrogens is 236 g/mol. The van der Waals surface area contributed by atoms with Crippen molar-refractivity contribution in [3.8, 4) is 0 Å². The van der Waals surface area contributed by atoms with Gasteiger partial charge in [0.2, 0.25) is 0 Å². The summed E-state index contributed by atoms with van der Waals surface area (Å²) in [6.07, 6.45) is 2.43. The summed E-state index contributed by atoms with van der Waals surface area (Å²) < 4.78 is 23.6. The number of nitrogens with zero attached hydrogens (tertiary/aromatic N) is 1. The molecule has 0 aromatic heterocycles. The van der Waals surface area contributed by atoms with Crippen molar-refractivity contribution in [2.75, 3.05) is 31.1 Å². The average Bonchev–Trinajstić information content (AvgIpc) is 2.81. The van der Waals surface area contributed by atoms with Crippen molar-refractivity contribution in [3.05, 3.63) is 0 Å². The quantitative estimate of drug-likeness (QED) is 0.799. The highest BCUT2D eigenvalue weighted by atomic mass is 32.2. The van der Waals surface area contributed by atoms with Crippen LogP contribution in [0.4, 0.5) is 0 Å². The SMILES string of the molecule is CC(C)CN[C@@H]1CS(=O)(=O)C[C@H]1N1CCCC1. The standard InChI is InChI=1S/C12H24N2O2S/c1-10(2)7-13-11-8-17(15,16)9-12(11)14-5-3-4-6-14/h10-13H,3-9H2,1-2H3/t11-,12-/m1/s1. The minimum atomic E-state index is -2.83. The van der Waals surface area contributed by atoms with Crippen LogP contribution in [-0.4, -0.2) is 56.5 Å². The van der Waals surface area contributed by atoms with E-state index >= 15 is 0 Å². The summed E-state index contributed by atoms with van der Waals surface area (Å²) in [5.41, 5.74) is 0. The zero-order valence-electron chi connectivity index (χ0n) is 10.9. The molecule has 2 rings (SSSR count). The second-order valence-electron chi connectivity index (χ2n) is 5.80. The van der Waals surface area contributed by atoms with Gasteiger partial charge < -0.3 is 5.32 Å². The third-order valence-corrected chi connectivity index (χ3v) is 5.44. The molecule has 4 nitrogen and oxygen atoms in total. The van der Waals surface area contributed by atoms with Crippen molar-refractivity contribution in [1.82, 2.24) is 10.2 Å². The topological polar surface area (TPSA) is 49.4 Å². The number of hydrogen-bond donors (Lipinski definition) is 1. The smallest absolute Gasteiger partial charge is 0.153 e. The van der Waals surface area contributed by atoms with Gasteiger partial charge >= 0.3 is 0 Å². The van der Waals surface area contributed by atoms with Gasteiger partial charge in [0.05, 0.1) is 11.5 Å². The van der Waals surface area contributed by atoms with Crippen LogP contribution in [0.3, 0.4) is 0 Å². The molecule has 2 heterocycles. The lowest BCUT2D eigenvalue weighted by atomic mass is 10.1. The van der Waals surface area contributed by atoms with E-state index in [1.54, 1.807) is 0 Å². The van der Waals surface area contributed by atoms with Gasteiger partial charge in [-0.2, -0.15) is 0 Å². The Morgan fingerprint density at radius 3 is 2.47 bits per heavy atom. The third-order valence-electron chi connectivity index (χ3n) is 3.72. The highest BCUT2D eigenvalue weighted by Crippen LogP contribution is 2.22. The highest BCUT2D eigenvalue weighted by molar-refractivity contribution is 7.91. The summed E-state index contributed by atoms with van der Waals surface area (Å²) in [4.78, 5) is 2.36. The van der Waals surface area contributed by atoms with Crippen LogP contribution in [0.2, 0.25) is 0 Å². The lowest BCUT2D eigenvalue weighted by Crippen LogP contribution is -2.49. The first-order chi connectivity index (χ1) is 7.98. The van der Waals surface area contributed by atoms with Gasteiger partial charge in [0.15, 0.2) is 9.84 Å². The zero-order chi connectivity index (χ0) is 12.5. The van der Waals surface area contributed by atoms with Crippen LogP contribution in [-0.2, 0) is 9.84 Å². The first kappa shape index (κ1) is 13.3. The normalized spacial score (nSPS) is 33.6. The molecule has 0 aromatic rings. The first-order valence-corrected chi connectivity index (χ1v) is 8.48. The summed E-state index contributed by atoms with van der Waals surface area (Å²) in [7, 11) is -2.83. The second-order valence-corrected chi connectivity index (χ2v) is 7.95. The number of rotatable bonds is 4. The molecule has 0 bridgehead atoms. The van der Waals surface area contributed by atoms with E-state index in [2.05, 4.69) is 24.1 Å². The van der Waals surface area contributed by atoms with E-state index in [9.17, 15) is 8.42 Å². The summed E-state index contributed by atoms with van der Waals surface area (Å²) in [5, 5.41) is 3.44. The summed E-state index contributed by atoms with van der Waals surface area (Å²) in [5.74, 6) is 1.24. The molecule has 0 saturated carbocycles. The average molecular weight is 260 g/mol. The summed E-state index contributed by atoms with van der Waals surface area (Å²) in [6.45, 7) is 7.35. The fraction of sp³-hybridized carbons (Fsp3) is 1.00. The Morgan fingerprint density at radius 1 is 1.24 bits per heavy atom. The fourth-order valence-electron chi connectivity index (χ4n) is 2.84. The van der Waals surface area contributed by atoms with E-state index in [0.717, 1.165) is 19.6 Å². The minimum Gasteiger partial charge on any atom is -0.311 e. The van der Waals surface area contributed by atoms with Gasteiger partial charge in [-0.05, 0) is 38.4 Å². The summed E-state index contributed by atoms with van der Waals surface area (Å²) >= 11 is 0. The number of nitrogens with one attached hydrogen (secondary N) is 1. The van der Waals surface area contributed by atoms with Gasteiger partial charge in [0.25, 0.3) is 0 Å². The van der Waals surface area contributed by atoms with Crippen LogP contribution in [0.1, 0.15) is 26.7 Å². The van der Waals surface area contributed by atoms with Gasteiger partial charge in [0, 0.05) is 12.1 Å². The summed E-state index contributed by atoms with van der Waals surface area (Å²) in [6, 6.07) is 0.349. The molecular formula is C12H24N2O2S. The van der Waals surface area contributed by atoms with Crippen LogP contribution >= 0.6 is 0 Å². The van der Waals surface area contributed by atoms with Crippen LogP contribution in [0.5, 0.6) is 0 Å². The van der Waals surface area contributed by atoms with Gasteiger partial charge in [-0.1, -0.05) is 13.8 Å². The number of hydrogen-bond acceptors (Lipinski definition) is 4. The molecule has 100 valence electrons. The van der Waals surface area contributed by atoms with Gasteiger partial charge in [-0.3, -0.25) is 4.90 Å². The largest absolute Gasteiger partial charge is 0.311 e. The molecule has 0 spiro atoms. The van der Waals surface area contributed by atoms with E-state index in [1.807, 2.05) is 0 Å². The van der Waals surface area contributed by atoms with E-state index < -0.39 is 9.84 Å². The van der Waals surface area contributed by atoms with Crippen molar-refractivity contribution < 1.29 is 8.42 Å². The molecule has 17 heavy (non-hydrogen) atoms. The van der Waals surface area contributed by atoms with Crippen LogP contribution in [0, 0.1) is 5.92 Å².